The van der Waals surface area contributed by atoms with Gasteiger partial charge in [0.05, 0.1) is 17.9 Å². The summed E-state index contributed by atoms with van der Waals surface area (Å²) in [6.07, 6.45) is -1.60. The first-order valence-corrected chi connectivity index (χ1v) is 13.1. The lowest BCUT2D eigenvalue weighted by atomic mass is 10.0. The van der Waals surface area contributed by atoms with Crippen LogP contribution in [0.1, 0.15) is 46.6 Å². The summed E-state index contributed by atoms with van der Waals surface area (Å²) in [5, 5.41) is 10.2. The number of fused-ring (bicyclic) bond motifs is 1. The van der Waals surface area contributed by atoms with E-state index in [0.717, 1.165) is 19.2 Å². The summed E-state index contributed by atoms with van der Waals surface area (Å²) in [4.78, 5) is 23.3. The summed E-state index contributed by atoms with van der Waals surface area (Å²) in [5.41, 5.74) is 0.858. The number of amides is 1. The maximum atomic E-state index is 13.9. The van der Waals surface area contributed by atoms with E-state index in [1.165, 1.54) is 24.4 Å². The van der Waals surface area contributed by atoms with E-state index in [1.807, 2.05) is 18.7 Å². The van der Waals surface area contributed by atoms with Crippen molar-refractivity contribution in [3.05, 3.63) is 82.8 Å². The highest BCUT2D eigenvalue weighted by Gasteiger charge is 2.34. The van der Waals surface area contributed by atoms with Crippen LogP contribution in [0, 0.1) is 11.8 Å². The highest BCUT2D eigenvalue weighted by Crippen LogP contribution is 2.33. The molecule has 4 aromatic rings. The summed E-state index contributed by atoms with van der Waals surface area (Å²) in [6, 6.07) is 10.4. The lowest BCUT2D eigenvalue weighted by Gasteiger charge is -2.28. The lowest BCUT2D eigenvalue weighted by Crippen LogP contribution is -2.43. The predicted octanol–water partition coefficient (Wildman–Crippen LogP) is 3.99. The summed E-state index contributed by atoms with van der Waals surface area (Å²) < 4.78 is 48.9. The second kappa shape index (κ2) is 12.0. The number of carbonyl (C=O) groups is 1. The van der Waals surface area contributed by atoms with Crippen molar-refractivity contribution in [2.75, 3.05) is 31.5 Å². The SMILES string of the molecule is CC(C)Oc1ccc2ncc(C#Cc3ccnc(NC(=O)c4ccc(CN5CCNCC5)c(C(F)(F)F)c4)c3)n2n1. The number of piperazine rings is 1. The van der Waals surface area contributed by atoms with Crippen LogP contribution in [-0.4, -0.2) is 62.7 Å². The minimum atomic E-state index is -4.60. The molecule has 0 unspecified atom stereocenters. The van der Waals surface area contributed by atoms with Gasteiger partial charge in [-0.25, -0.2) is 14.5 Å². The van der Waals surface area contributed by atoms with E-state index >= 15 is 0 Å². The Labute approximate surface area is 234 Å². The van der Waals surface area contributed by atoms with Crippen LogP contribution >= 0.6 is 0 Å². The van der Waals surface area contributed by atoms with Crippen LogP contribution in [0.2, 0.25) is 0 Å². The zero-order valence-electron chi connectivity index (χ0n) is 22.5. The number of carbonyl (C=O) groups excluding carboxylic acids is 1. The molecule has 1 aliphatic heterocycles. The summed E-state index contributed by atoms with van der Waals surface area (Å²) in [6.45, 7) is 6.73. The molecule has 9 nitrogen and oxygen atoms in total. The average molecular weight is 564 g/mol. The fourth-order valence-corrected chi connectivity index (χ4v) is 4.38. The Morgan fingerprint density at radius 1 is 1.10 bits per heavy atom. The predicted molar refractivity (Wildman–Crippen MR) is 147 cm³/mol. The molecule has 41 heavy (non-hydrogen) atoms. The molecule has 4 heterocycles. The number of hydrogen-bond donors (Lipinski definition) is 2. The van der Waals surface area contributed by atoms with E-state index in [4.69, 9.17) is 4.74 Å². The minimum absolute atomic E-state index is 0.0428. The fourth-order valence-electron chi connectivity index (χ4n) is 4.38. The van der Waals surface area contributed by atoms with Crippen molar-refractivity contribution in [2.45, 2.75) is 32.7 Å². The number of rotatable bonds is 6. The number of benzene rings is 1. The number of imidazole rings is 1. The Morgan fingerprint density at radius 2 is 1.90 bits per heavy atom. The summed E-state index contributed by atoms with van der Waals surface area (Å²) in [7, 11) is 0. The first-order chi connectivity index (χ1) is 19.7. The van der Waals surface area contributed by atoms with Crippen molar-refractivity contribution < 1.29 is 22.7 Å². The first-order valence-electron chi connectivity index (χ1n) is 13.1. The third-order valence-electron chi connectivity index (χ3n) is 6.31. The number of nitrogens with zero attached hydrogens (tertiary/aromatic N) is 5. The molecule has 0 aliphatic carbocycles. The maximum Gasteiger partial charge on any atom is 0.416 e. The van der Waals surface area contributed by atoms with Crippen LogP contribution in [0.3, 0.4) is 0 Å². The Balaban J connectivity index is 1.33. The van der Waals surface area contributed by atoms with Gasteiger partial charge in [0, 0.05) is 56.1 Å². The Bertz CT molecular complexity index is 1620. The molecule has 1 fully saturated rings. The standard InChI is InChI=1S/C29H28F3N7O2/c1-19(2)41-27-8-7-26-35-17-23(39(26)37-27)6-3-20-9-10-34-25(15-20)36-28(40)21-4-5-22(24(16-21)29(30,31)32)18-38-13-11-33-12-14-38/h4-5,7-10,15-17,19,33H,11-14,18H2,1-2H3,(H,34,36,40). The molecular weight excluding hydrogens is 535 g/mol. The molecule has 1 saturated heterocycles. The second-order valence-electron chi connectivity index (χ2n) is 9.78. The molecule has 0 atom stereocenters. The molecular formula is C29H28F3N7O2. The normalized spacial score (nSPS) is 14.1. The molecule has 12 heteroatoms. The Kier molecular flexibility index (Phi) is 8.19. The molecule has 1 aromatic carbocycles. The molecule has 3 aromatic heterocycles. The molecule has 0 saturated carbocycles. The monoisotopic (exact) mass is 563 g/mol. The van der Waals surface area contributed by atoms with E-state index in [-0.39, 0.29) is 29.6 Å². The molecule has 212 valence electrons. The van der Waals surface area contributed by atoms with Gasteiger partial charge in [-0.15, -0.1) is 5.10 Å². The number of aromatic nitrogens is 4. The summed E-state index contributed by atoms with van der Waals surface area (Å²) >= 11 is 0. The van der Waals surface area contributed by atoms with Gasteiger partial charge in [-0.05, 0) is 55.7 Å². The van der Waals surface area contributed by atoms with Crippen LogP contribution < -0.4 is 15.4 Å². The highest BCUT2D eigenvalue weighted by molar-refractivity contribution is 6.04. The van der Waals surface area contributed by atoms with E-state index in [2.05, 4.69) is 37.5 Å². The number of pyridine rings is 1. The molecule has 0 radical (unpaired) electrons. The smallest absolute Gasteiger partial charge is 0.416 e. The van der Waals surface area contributed by atoms with Gasteiger partial charge in [0.15, 0.2) is 5.65 Å². The molecule has 1 amide bonds. The number of ether oxygens (including phenoxy) is 1. The lowest BCUT2D eigenvalue weighted by molar-refractivity contribution is -0.138. The van der Waals surface area contributed by atoms with Gasteiger partial charge in [0.1, 0.15) is 11.5 Å². The number of halogens is 3. The van der Waals surface area contributed by atoms with E-state index in [0.29, 0.717) is 35.9 Å². The zero-order chi connectivity index (χ0) is 29.0. The number of alkyl halides is 3. The van der Waals surface area contributed by atoms with Gasteiger partial charge < -0.3 is 15.4 Å². The number of hydrogen-bond acceptors (Lipinski definition) is 7. The third kappa shape index (κ3) is 7.00. The molecule has 1 aliphatic rings. The van der Waals surface area contributed by atoms with Gasteiger partial charge in [-0.2, -0.15) is 13.2 Å². The van der Waals surface area contributed by atoms with Crippen molar-refractivity contribution in [3.8, 4) is 17.7 Å². The van der Waals surface area contributed by atoms with E-state index in [9.17, 15) is 18.0 Å². The molecule has 0 bridgehead atoms. The minimum Gasteiger partial charge on any atom is -0.474 e. The highest BCUT2D eigenvalue weighted by atomic mass is 19.4. The van der Waals surface area contributed by atoms with Crippen LogP contribution in [0.5, 0.6) is 5.88 Å². The third-order valence-corrected chi connectivity index (χ3v) is 6.31. The Morgan fingerprint density at radius 3 is 2.66 bits per heavy atom. The van der Waals surface area contributed by atoms with Crippen LogP contribution in [0.15, 0.2) is 54.9 Å². The fraction of sp³-hybridized carbons (Fsp3) is 0.310. The largest absolute Gasteiger partial charge is 0.474 e. The first kappa shape index (κ1) is 28.1. The second-order valence-corrected chi connectivity index (χ2v) is 9.78. The van der Waals surface area contributed by atoms with Crippen LogP contribution in [-0.2, 0) is 12.7 Å². The molecule has 5 rings (SSSR count). The molecule has 0 spiro atoms. The topological polar surface area (TPSA) is 96.7 Å². The van der Waals surface area contributed by atoms with Crippen LogP contribution in [0.4, 0.5) is 19.0 Å². The molecule has 2 N–H and O–H groups in total. The number of nitrogens with one attached hydrogen (secondary N) is 2. The Hall–Kier alpha value is -4.47. The van der Waals surface area contributed by atoms with Gasteiger partial charge >= 0.3 is 6.18 Å². The zero-order valence-corrected chi connectivity index (χ0v) is 22.5. The van der Waals surface area contributed by atoms with Crippen molar-refractivity contribution in [3.63, 3.8) is 0 Å². The van der Waals surface area contributed by atoms with Crippen molar-refractivity contribution in [1.29, 1.82) is 0 Å². The quantitative estimate of drug-likeness (QED) is 0.343. The number of anilines is 1. The van der Waals surface area contributed by atoms with Crippen molar-refractivity contribution >= 4 is 17.4 Å². The van der Waals surface area contributed by atoms with Gasteiger partial charge in [0.25, 0.3) is 5.91 Å². The van der Waals surface area contributed by atoms with Crippen LogP contribution in [0.25, 0.3) is 5.65 Å². The van der Waals surface area contributed by atoms with E-state index < -0.39 is 17.6 Å². The van der Waals surface area contributed by atoms with E-state index in [1.54, 1.807) is 28.9 Å². The van der Waals surface area contributed by atoms with Gasteiger partial charge in [-0.1, -0.05) is 12.0 Å². The maximum absolute atomic E-state index is 13.9. The van der Waals surface area contributed by atoms with Gasteiger partial charge in [0.2, 0.25) is 5.88 Å². The summed E-state index contributed by atoms with van der Waals surface area (Å²) in [5.74, 6) is 5.88. The van der Waals surface area contributed by atoms with Crippen molar-refractivity contribution in [2.24, 2.45) is 0 Å². The van der Waals surface area contributed by atoms with Crippen molar-refractivity contribution in [1.82, 2.24) is 29.8 Å². The average Bonchev–Trinajstić information content (AvgIpc) is 3.34. The van der Waals surface area contributed by atoms with Gasteiger partial charge in [-0.3, -0.25) is 9.69 Å².